The van der Waals surface area contributed by atoms with Gasteiger partial charge in [0.05, 0.1) is 18.1 Å². The molecule has 4 aromatic rings. The fourth-order valence-corrected chi connectivity index (χ4v) is 3.37. The highest BCUT2D eigenvalue weighted by Gasteiger charge is 2.15. The standard InChI is InChI=1S/C16H13N5O3S/c1-20-14(22)6-5-13(19-20)18-15(23)12-8-21-11-4-3-9(24-2)7-10(11)17-16(21)25-12/h3-8H,1-2H3,(H,18,19,23). The van der Waals surface area contributed by atoms with E-state index in [1.165, 1.54) is 30.5 Å². The number of benzene rings is 1. The van der Waals surface area contributed by atoms with Crippen LogP contribution in [0.25, 0.3) is 16.0 Å². The number of methoxy groups -OCH3 is 1. The predicted molar refractivity (Wildman–Crippen MR) is 94.6 cm³/mol. The summed E-state index contributed by atoms with van der Waals surface area (Å²) in [5.74, 6) is 0.744. The van der Waals surface area contributed by atoms with E-state index in [9.17, 15) is 9.59 Å². The SMILES string of the molecule is COc1ccc2c(c1)nc1sc(C(=O)Nc3ccc(=O)n(C)n3)cn12. The highest BCUT2D eigenvalue weighted by atomic mass is 32.1. The Labute approximate surface area is 145 Å². The van der Waals surface area contributed by atoms with Crippen molar-refractivity contribution >= 4 is 39.1 Å². The molecule has 3 heterocycles. The number of amides is 1. The van der Waals surface area contributed by atoms with Crippen LogP contribution in [-0.4, -0.2) is 32.2 Å². The number of imidazole rings is 1. The van der Waals surface area contributed by atoms with Gasteiger partial charge in [-0.3, -0.25) is 14.0 Å². The normalized spacial score (nSPS) is 11.1. The number of carbonyl (C=O) groups excluding carboxylic acids is 1. The van der Waals surface area contributed by atoms with Gasteiger partial charge in [-0.15, -0.1) is 0 Å². The largest absolute Gasteiger partial charge is 0.497 e. The van der Waals surface area contributed by atoms with Gasteiger partial charge in [0.15, 0.2) is 10.8 Å². The highest BCUT2D eigenvalue weighted by Crippen LogP contribution is 2.26. The smallest absolute Gasteiger partial charge is 0.268 e. The lowest BCUT2D eigenvalue weighted by Gasteiger charge is -2.03. The fourth-order valence-electron chi connectivity index (χ4n) is 2.47. The number of nitrogens with one attached hydrogen (secondary N) is 1. The number of anilines is 1. The zero-order chi connectivity index (χ0) is 17.6. The van der Waals surface area contributed by atoms with Crippen LogP contribution in [0, 0.1) is 0 Å². The molecule has 9 heteroatoms. The fraction of sp³-hybridized carbons (Fsp3) is 0.125. The van der Waals surface area contributed by atoms with Crippen LogP contribution in [-0.2, 0) is 7.05 Å². The first kappa shape index (κ1) is 15.3. The number of aryl methyl sites for hydroxylation is 1. The van der Waals surface area contributed by atoms with E-state index < -0.39 is 0 Å². The average Bonchev–Trinajstić information content (AvgIpc) is 3.15. The summed E-state index contributed by atoms with van der Waals surface area (Å²) in [6, 6.07) is 8.42. The van der Waals surface area contributed by atoms with Crippen LogP contribution in [0.4, 0.5) is 5.82 Å². The second kappa shape index (κ2) is 5.71. The molecule has 126 valence electrons. The van der Waals surface area contributed by atoms with E-state index in [4.69, 9.17) is 4.74 Å². The molecule has 0 spiro atoms. The van der Waals surface area contributed by atoms with E-state index >= 15 is 0 Å². The van der Waals surface area contributed by atoms with E-state index in [1.807, 2.05) is 22.6 Å². The lowest BCUT2D eigenvalue weighted by atomic mass is 10.3. The van der Waals surface area contributed by atoms with Crippen molar-refractivity contribution in [3.63, 3.8) is 0 Å². The summed E-state index contributed by atoms with van der Waals surface area (Å²) in [6.07, 6.45) is 1.74. The number of carbonyl (C=O) groups is 1. The van der Waals surface area contributed by atoms with Crippen LogP contribution < -0.4 is 15.6 Å². The summed E-state index contributed by atoms with van der Waals surface area (Å²) >= 11 is 1.27. The first-order chi connectivity index (χ1) is 12.0. The maximum absolute atomic E-state index is 12.4. The predicted octanol–water partition coefficient (Wildman–Crippen LogP) is 1.90. The Morgan fingerprint density at radius 2 is 2.12 bits per heavy atom. The number of hydrogen-bond acceptors (Lipinski definition) is 6. The van der Waals surface area contributed by atoms with Crippen molar-refractivity contribution in [2.45, 2.75) is 0 Å². The van der Waals surface area contributed by atoms with Gasteiger partial charge in [-0.05, 0) is 18.2 Å². The molecular formula is C16H13N5O3S. The Kier molecular flexibility index (Phi) is 3.50. The van der Waals surface area contributed by atoms with Crippen LogP contribution in [0.3, 0.4) is 0 Å². The van der Waals surface area contributed by atoms with Crippen molar-refractivity contribution < 1.29 is 9.53 Å². The molecule has 1 amide bonds. The molecule has 0 aliphatic rings. The summed E-state index contributed by atoms with van der Waals surface area (Å²) in [6.45, 7) is 0. The molecule has 0 atom stereocenters. The maximum Gasteiger partial charge on any atom is 0.268 e. The minimum atomic E-state index is -0.302. The van der Waals surface area contributed by atoms with E-state index in [2.05, 4.69) is 15.4 Å². The number of rotatable bonds is 3. The summed E-state index contributed by atoms with van der Waals surface area (Å²) < 4.78 is 8.23. The molecule has 1 N–H and O–H groups in total. The van der Waals surface area contributed by atoms with Gasteiger partial charge >= 0.3 is 0 Å². The number of ether oxygens (including phenoxy) is 1. The Morgan fingerprint density at radius 1 is 1.28 bits per heavy atom. The summed E-state index contributed by atoms with van der Waals surface area (Å²) in [5.41, 5.74) is 1.46. The van der Waals surface area contributed by atoms with E-state index in [0.717, 1.165) is 21.5 Å². The van der Waals surface area contributed by atoms with Crippen molar-refractivity contribution in [1.29, 1.82) is 0 Å². The topological polar surface area (TPSA) is 90.5 Å². The Bertz CT molecular complexity index is 1170. The van der Waals surface area contributed by atoms with Crippen molar-refractivity contribution in [2.75, 3.05) is 12.4 Å². The Morgan fingerprint density at radius 3 is 2.88 bits per heavy atom. The monoisotopic (exact) mass is 355 g/mol. The lowest BCUT2D eigenvalue weighted by Crippen LogP contribution is -2.21. The quantitative estimate of drug-likeness (QED) is 0.606. The maximum atomic E-state index is 12.4. The molecular weight excluding hydrogens is 342 g/mol. The van der Waals surface area contributed by atoms with Crippen LogP contribution >= 0.6 is 11.3 Å². The molecule has 0 unspecified atom stereocenters. The van der Waals surface area contributed by atoms with Gasteiger partial charge in [0, 0.05) is 25.4 Å². The van der Waals surface area contributed by atoms with Crippen molar-refractivity contribution in [2.24, 2.45) is 7.05 Å². The third-order valence-electron chi connectivity index (χ3n) is 3.74. The average molecular weight is 355 g/mol. The van der Waals surface area contributed by atoms with Crippen LogP contribution in [0.5, 0.6) is 5.75 Å². The Balaban J connectivity index is 1.67. The third-order valence-corrected chi connectivity index (χ3v) is 4.72. The summed E-state index contributed by atoms with van der Waals surface area (Å²) in [4.78, 5) is 29.5. The third kappa shape index (κ3) is 2.64. The molecule has 0 saturated carbocycles. The van der Waals surface area contributed by atoms with Crippen LogP contribution in [0.15, 0.2) is 41.3 Å². The zero-order valence-electron chi connectivity index (χ0n) is 13.4. The molecule has 0 fully saturated rings. The van der Waals surface area contributed by atoms with Crippen molar-refractivity contribution in [3.05, 3.63) is 51.8 Å². The minimum absolute atomic E-state index is 0.241. The van der Waals surface area contributed by atoms with Gasteiger partial charge in [-0.1, -0.05) is 11.3 Å². The second-order valence-corrected chi connectivity index (χ2v) is 6.36. The minimum Gasteiger partial charge on any atom is -0.497 e. The zero-order valence-corrected chi connectivity index (χ0v) is 14.2. The molecule has 25 heavy (non-hydrogen) atoms. The van der Waals surface area contributed by atoms with Crippen molar-refractivity contribution in [3.8, 4) is 5.75 Å². The summed E-state index contributed by atoms with van der Waals surface area (Å²) in [5, 5.41) is 6.67. The summed E-state index contributed by atoms with van der Waals surface area (Å²) in [7, 11) is 3.13. The molecule has 1 aromatic carbocycles. The van der Waals surface area contributed by atoms with Gasteiger partial charge in [0.25, 0.3) is 11.5 Å². The molecule has 8 nitrogen and oxygen atoms in total. The molecule has 4 rings (SSSR count). The van der Waals surface area contributed by atoms with Gasteiger partial charge in [0.2, 0.25) is 0 Å². The van der Waals surface area contributed by atoms with Crippen LogP contribution in [0.2, 0.25) is 0 Å². The Hall–Kier alpha value is -3.20. The lowest BCUT2D eigenvalue weighted by molar-refractivity contribution is 0.102. The number of nitrogens with zero attached hydrogens (tertiary/aromatic N) is 4. The first-order valence-corrected chi connectivity index (χ1v) is 8.18. The van der Waals surface area contributed by atoms with Crippen molar-refractivity contribution in [1.82, 2.24) is 19.2 Å². The first-order valence-electron chi connectivity index (χ1n) is 7.36. The molecule has 3 aromatic heterocycles. The van der Waals surface area contributed by atoms with E-state index in [0.29, 0.717) is 15.7 Å². The number of thiazole rings is 1. The van der Waals surface area contributed by atoms with Gasteiger partial charge in [-0.25, -0.2) is 9.67 Å². The highest BCUT2D eigenvalue weighted by molar-refractivity contribution is 7.19. The second-order valence-electron chi connectivity index (χ2n) is 5.35. The number of aromatic nitrogens is 4. The van der Waals surface area contributed by atoms with Gasteiger partial charge < -0.3 is 10.1 Å². The number of hydrogen-bond donors (Lipinski definition) is 1. The van der Waals surface area contributed by atoms with Gasteiger partial charge in [-0.2, -0.15) is 5.10 Å². The molecule has 0 saturated heterocycles. The molecule has 0 bridgehead atoms. The van der Waals surface area contributed by atoms with Crippen LogP contribution in [0.1, 0.15) is 9.67 Å². The molecule has 0 aliphatic carbocycles. The number of fused-ring (bicyclic) bond motifs is 3. The molecule has 0 radical (unpaired) electrons. The molecule has 0 aliphatic heterocycles. The van der Waals surface area contributed by atoms with E-state index in [-0.39, 0.29) is 11.5 Å². The van der Waals surface area contributed by atoms with E-state index in [1.54, 1.807) is 13.3 Å². The van der Waals surface area contributed by atoms with Gasteiger partial charge in [0.1, 0.15) is 10.6 Å².